The Balaban J connectivity index is 2.02. The third-order valence-corrected chi connectivity index (χ3v) is 3.36. The number of nitro groups is 1. The zero-order valence-electron chi connectivity index (χ0n) is 10.3. The van der Waals surface area contributed by atoms with Gasteiger partial charge in [-0.1, -0.05) is 0 Å². The maximum absolute atomic E-state index is 10.7. The van der Waals surface area contributed by atoms with Crippen molar-refractivity contribution in [3.05, 3.63) is 22.0 Å². The molecule has 0 amide bonds. The summed E-state index contributed by atoms with van der Waals surface area (Å²) in [5.74, 6) is 1.02. The predicted octanol–water partition coefficient (Wildman–Crippen LogP) is 1.23. The number of nitrogens with one attached hydrogen (secondary N) is 1. The molecule has 7 nitrogen and oxygen atoms in total. The summed E-state index contributed by atoms with van der Waals surface area (Å²) in [5.41, 5.74) is 5.96. The summed E-state index contributed by atoms with van der Waals surface area (Å²) in [4.78, 5) is 18.3. The molecule has 1 aromatic rings. The molecule has 0 bridgehead atoms. The van der Waals surface area contributed by atoms with Crippen LogP contribution < -0.4 is 11.1 Å². The molecule has 0 aliphatic heterocycles. The molecule has 18 heavy (non-hydrogen) atoms. The van der Waals surface area contributed by atoms with Gasteiger partial charge in [0.2, 0.25) is 5.95 Å². The van der Waals surface area contributed by atoms with Gasteiger partial charge >= 0.3 is 5.69 Å². The van der Waals surface area contributed by atoms with Crippen LogP contribution in [0.2, 0.25) is 0 Å². The van der Waals surface area contributed by atoms with Crippen LogP contribution in [0.1, 0.15) is 25.0 Å². The Morgan fingerprint density at radius 2 is 2.39 bits per heavy atom. The van der Waals surface area contributed by atoms with E-state index < -0.39 is 4.92 Å². The van der Waals surface area contributed by atoms with Crippen molar-refractivity contribution in [2.75, 3.05) is 11.9 Å². The molecule has 1 aliphatic carbocycles. The minimum atomic E-state index is -0.473. The third kappa shape index (κ3) is 2.73. The lowest BCUT2D eigenvalue weighted by Gasteiger charge is -2.12. The van der Waals surface area contributed by atoms with E-state index in [1.54, 1.807) is 6.92 Å². The molecule has 1 fully saturated rings. The monoisotopic (exact) mass is 251 g/mol. The van der Waals surface area contributed by atoms with Gasteiger partial charge in [-0.25, -0.2) is 9.97 Å². The van der Waals surface area contributed by atoms with Gasteiger partial charge in [0, 0.05) is 6.04 Å². The molecule has 0 aromatic carbocycles. The zero-order chi connectivity index (χ0) is 13.1. The van der Waals surface area contributed by atoms with Crippen molar-refractivity contribution >= 4 is 11.6 Å². The van der Waals surface area contributed by atoms with Gasteiger partial charge in [0.25, 0.3) is 0 Å². The van der Waals surface area contributed by atoms with E-state index in [0.717, 1.165) is 19.3 Å². The fraction of sp³-hybridized carbons (Fsp3) is 0.636. The van der Waals surface area contributed by atoms with E-state index in [0.29, 0.717) is 30.1 Å². The van der Waals surface area contributed by atoms with Crippen LogP contribution in [0, 0.1) is 23.0 Å². The molecule has 2 unspecified atom stereocenters. The Labute approximate surface area is 105 Å². The van der Waals surface area contributed by atoms with Gasteiger partial charge in [0.1, 0.15) is 11.9 Å². The van der Waals surface area contributed by atoms with Crippen LogP contribution in [0.25, 0.3) is 0 Å². The lowest BCUT2D eigenvalue weighted by atomic mass is 10.1. The first kappa shape index (κ1) is 12.7. The van der Waals surface area contributed by atoms with E-state index in [2.05, 4.69) is 15.3 Å². The first-order chi connectivity index (χ1) is 8.60. The van der Waals surface area contributed by atoms with Crippen molar-refractivity contribution in [1.82, 2.24) is 9.97 Å². The summed E-state index contributed by atoms with van der Waals surface area (Å²) in [6, 6.07) is 0.319. The van der Waals surface area contributed by atoms with Crippen LogP contribution in [0.5, 0.6) is 0 Å². The Morgan fingerprint density at radius 3 is 2.94 bits per heavy atom. The summed E-state index contributed by atoms with van der Waals surface area (Å²) in [5, 5.41) is 13.9. The molecule has 1 aromatic heterocycles. The number of anilines is 1. The Morgan fingerprint density at radius 1 is 1.61 bits per heavy atom. The van der Waals surface area contributed by atoms with E-state index in [4.69, 9.17) is 5.73 Å². The van der Waals surface area contributed by atoms with E-state index in [1.165, 1.54) is 6.20 Å². The van der Waals surface area contributed by atoms with Gasteiger partial charge in [-0.05, 0) is 38.6 Å². The van der Waals surface area contributed by atoms with Gasteiger partial charge < -0.3 is 11.1 Å². The number of nitrogens with two attached hydrogens (primary N) is 1. The zero-order valence-corrected chi connectivity index (χ0v) is 10.3. The van der Waals surface area contributed by atoms with Crippen molar-refractivity contribution in [2.45, 2.75) is 32.2 Å². The Kier molecular flexibility index (Phi) is 3.71. The van der Waals surface area contributed by atoms with E-state index >= 15 is 0 Å². The first-order valence-corrected chi connectivity index (χ1v) is 6.04. The number of aromatic nitrogens is 2. The van der Waals surface area contributed by atoms with E-state index in [1.807, 2.05) is 0 Å². The van der Waals surface area contributed by atoms with Crippen molar-refractivity contribution in [2.24, 2.45) is 11.7 Å². The quantitative estimate of drug-likeness (QED) is 0.615. The molecule has 1 aliphatic rings. The molecule has 3 N–H and O–H groups in total. The lowest BCUT2D eigenvalue weighted by molar-refractivity contribution is -0.386. The van der Waals surface area contributed by atoms with Crippen molar-refractivity contribution in [3.63, 3.8) is 0 Å². The molecule has 2 rings (SSSR count). The van der Waals surface area contributed by atoms with E-state index in [-0.39, 0.29) is 5.69 Å². The molecular formula is C11H17N5O2. The molecule has 0 saturated heterocycles. The van der Waals surface area contributed by atoms with Crippen LogP contribution in [-0.2, 0) is 0 Å². The number of hydrogen-bond acceptors (Lipinski definition) is 6. The topological polar surface area (TPSA) is 107 Å². The highest BCUT2D eigenvalue weighted by molar-refractivity contribution is 5.38. The van der Waals surface area contributed by atoms with Crippen LogP contribution in [0.4, 0.5) is 11.6 Å². The smallest absolute Gasteiger partial charge is 0.308 e. The van der Waals surface area contributed by atoms with Gasteiger partial charge in [0.05, 0.1) is 4.92 Å². The molecule has 98 valence electrons. The van der Waals surface area contributed by atoms with Crippen LogP contribution in [-0.4, -0.2) is 27.5 Å². The van der Waals surface area contributed by atoms with Crippen LogP contribution >= 0.6 is 0 Å². The second-order valence-electron chi connectivity index (χ2n) is 4.68. The van der Waals surface area contributed by atoms with Crippen LogP contribution in [0.15, 0.2) is 6.20 Å². The largest absolute Gasteiger partial charge is 0.351 e. The highest BCUT2D eigenvalue weighted by Gasteiger charge is 2.24. The Hall–Kier alpha value is -1.76. The molecule has 1 saturated carbocycles. The number of aryl methyl sites for hydroxylation is 1. The van der Waals surface area contributed by atoms with Gasteiger partial charge in [-0.3, -0.25) is 10.1 Å². The predicted molar refractivity (Wildman–Crippen MR) is 67.2 cm³/mol. The van der Waals surface area contributed by atoms with Crippen molar-refractivity contribution < 1.29 is 4.92 Å². The maximum atomic E-state index is 10.7. The van der Waals surface area contributed by atoms with Crippen molar-refractivity contribution in [1.29, 1.82) is 0 Å². The average molecular weight is 251 g/mol. The molecule has 2 atom stereocenters. The standard InChI is InChI=1S/C11H17N5O2/c1-7-10(16(17)18)6-13-11(14-7)15-9-3-2-8(4-9)5-12/h6,8-9H,2-5,12H2,1H3,(H,13,14,15). The molecule has 1 heterocycles. The summed E-state index contributed by atoms with van der Waals surface area (Å²) in [6.07, 6.45) is 4.41. The van der Waals surface area contributed by atoms with Crippen LogP contribution in [0.3, 0.4) is 0 Å². The lowest BCUT2D eigenvalue weighted by Crippen LogP contribution is -2.19. The number of nitrogens with zero attached hydrogens (tertiary/aromatic N) is 3. The summed E-state index contributed by atoms with van der Waals surface area (Å²) < 4.78 is 0. The molecule has 0 radical (unpaired) electrons. The van der Waals surface area contributed by atoms with Gasteiger partial charge in [0.15, 0.2) is 0 Å². The summed E-state index contributed by atoms with van der Waals surface area (Å²) in [6.45, 7) is 2.32. The molecule has 7 heteroatoms. The highest BCUT2D eigenvalue weighted by Crippen LogP contribution is 2.26. The Bertz CT molecular complexity index is 451. The minimum absolute atomic E-state index is 0.0493. The van der Waals surface area contributed by atoms with Gasteiger partial charge in [-0.2, -0.15) is 0 Å². The first-order valence-electron chi connectivity index (χ1n) is 6.04. The fourth-order valence-corrected chi connectivity index (χ4v) is 2.31. The number of hydrogen-bond donors (Lipinski definition) is 2. The van der Waals surface area contributed by atoms with Gasteiger partial charge in [-0.15, -0.1) is 0 Å². The second kappa shape index (κ2) is 5.26. The van der Waals surface area contributed by atoms with Crippen molar-refractivity contribution in [3.8, 4) is 0 Å². The van der Waals surface area contributed by atoms with E-state index in [9.17, 15) is 10.1 Å². The second-order valence-corrected chi connectivity index (χ2v) is 4.68. The highest BCUT2D eigenvalue weighted by atomic mass is 16.6. The summed E-state index contributed by atoms with van der Waals surface area (Å²) >= 11 is 0. The minimum Gasteiger partial charge on any atom is -0.351 e. The normalized spacial score (nSPS) is 23.0. The summed E-state index contributed by atoms with van der Waals surface area (Å²) in [7, 11) is 0. The molecular weight excluding hydrogens is 234 g/mol. The molecule has 0 spiro atoms. The maximum Gasteiger partial charge on any atom is 0.308 e. The SMILES string of the molecule is Cc1nc(NC2CCC(CN)C2)ncc1[N+](=O)[O-]. The number of rotatable bonds is 4. The fourth-order valence-electron chi connectivity index (χ4n) is 2.31. The average Bonchev–Trinajstić information content (AvgIpc) is 2.76. The third-order valence-electron chi connectivity index (χ3n) is 3.36.